The summed E-state index contributed by atoms with van der Waals surface area (Å²) in [6.07, 6.45) is 1.18. The molecule has 0 saturated carbocycles. The van der Waals surface area contributed by atoms with Gasteiger partial charge in [-0.3, -0.25) is 4.68 Å². The van der Waals surface area contributed by atoms with Gasteiger partial charge in [-0.05, 0) is 67.0 Å². The Labute approximate surface area is 267 Å². The van der Waals surface area contributed by atoms with Crippen molar-refractivity contribution in [1.82, 2.24) is 14.3 Å². The molecule has 6 aromatic rings. The van der Waals surface area contributed by atoms with Crippen molar-refractivity contribution in [2.24, 2.45) is 7.05 Å². The van der Waals surface area contributed by atoms with Gasteiger partial charge in [0.25, 0.3) is 0 Å². The quantitative estimate of drug-likeness (QED) is 0.135. The van der Waals surface area contributed by atoms with Crippen LogP contribution < -0.4 is 4.74 Å². The average Bonchev–Trinajstić information content (AvgIpc) is 3.51. The molecule has 0 saturated heterocycles. The highest BCUT2D eigenvalue weighted by Gasteiger charge is 2.30. The van der Waals surface area contributed by atoms with Gasteiger partial charge >= 0.3 is 5.97 Å². The van der Waals surface area contributed by atoms with Gasteiger partial charge < -0.3 is 18.8 Å². The maximum absolute atomic E-state index is 16.2. The SMILES string of the molecule is CCOC(=O)c1c(CCCOc2cccc3ccccc23)c2ccc(F)c3c2n1Cc1ccccc1COCc1nn(C)c(C)c1-3. The molecule has 1 aliphatic rings. The van der Waals surface area contributed by atoms with Gasteiger partial charge in [-0.25, -0.2) is 9.18 Å². The first-order valence-electron chi connectivity index (χ1n) is 15.7. The van der Waals surface area contributed by atoms with Crippen LogP contribution in [0.2, 0.25) is 0 Å². The summed E-state index contributed by atoms with van der Waals surface area (Å²) >= 11 is 0. The van der Waals surface area contributed by atoms with Crippen molar-refractivity contribution in [2.45, 2.75) is 46.4 Å². The van der Waals surface area contributed by atoms with Crippen LogP contribution in [0.5, 0.6) is 5.75 Å². The summed E-state index contributed by atoms with van der Waals surface area (Å²) in [6, 6.07) is 25.5. The van der Waals surface area contributed by atoms with E-state index in [-0.39, 0.29) is 19.0 Å². The number of halogens is 1. The number of rotatable bonds is 7. The second kappa shape index (κ2) is 12.4. The molecular formula is C38H36FN3O4. The molecule has 7 rings (SSSR count). The molecule has 0 fully saturated rings. The van der Waals surface area contributed by atoms with E-state index in [1.54, 1.807) is 17.7 Å². The molecule has 0 aliphatic carbocycles. The zero-order valence-corrected chi connectivity index (χ0v) is 26.3. The van der Waals surface area contributed by atoms with Crippen molar-refractivity contribution in [3.05, 3.63) is 118 Å². The van der Waals surface area contributed by atoms with Gasteiger partial charge in [-0.15, -0.1) is 0 Å². The minimum absolute atomic E-state index is 0.224. The number of ether oxygens (including phenoxy) is 3. The molecule has 2 aromatic heterocycles. The minimum Gasteiger partial charge on any atom is -0.493 e. The van der Waals surface area contributed by atoms with Crippen molar-refractivity contribution in [3.63, 3.8) is 0 Å². The maximum atomic E-state index is 16.2. The number of carbonyl (C=O) groups is 1. The lowest BCUT2D eigenvalue weighted by molar-refractivity contribution is 0.0513. The molecular weight excluding hydrogens is 581 g/mol. The fourth-order valence-electron chi connectivity index (χ4n) is 6.71. The topological polar surface area (TPSA) is 67.5 Å². The fraction of sp³-hybridized carbons (Fsp3) is 0.263. The van der Waals surface area contributed by atoms with Crippen LogP contribution in [0.4, 0.5) is 4.39 Å². The second-order valence-corrected chi connectivity index (χ2v) is 11.7. The van der Waals surface area contributed by atoms with Crippen LogP contribution in [0.25, 0.3) is 32.8 Å². The Morgan fingerprint density at radius 1 is 0.935 bits per heavy atom. The molecule has 0 unspecified atom stereocenters. The molecule has 0 radical (unpaired) electrons. The lowest BCUT2D eigenvalue weighted by Gasteiger charge is -2.16. The molecule has 1 aliphatic heterocycles. The smallest absolute Gasteiger partial charge is 0.355 e. The highest BCUT2D eigenvalue weighted by atomic mass is 19.1. The number of hydrogen-bond acceptors (Lipinski definition) is 5. The summed E-state index contributed by atoms with van der Waals surface area (Å²) < 4.78 is 38.0. The Morgan fingerprint density at radius 3 is 2.57 bits per heavy atom. The predicted molar refractivity (Wildman–Crippen MR) is 177 cm³/mol. The Bertz CT molecular complexity index is 2090. The van der Waals surface area contributed by atoms with Crippen LogP contribution in [0.3, 0.4) is 0 Å². The van der Waals surface area contributed by atoms with Crippen LogP contribution in [-0.4, -0.2) is 33.5 Å². The van der Waals surface area contributed by atoms with E-state index in [0.29, 0.717) is 60.6 Å². The normalized spacial score (nSPS) is 12.9. The van der Waals surface area contributed by atoms with Crippen molar-refractivity contribution >= 4 is 27.6 Å². The third-order valence-electron chi connectivity index (χ3n) is 8.92. The third kappa shape index (κ3) is 5.22. The molecule has 0 atom stereocenters. The minimum atomic E-state index is -0.429. The van der Waals surface area contributed by atoms with Gasteiger partial charge in [-0.2, -0.15) is 5.10 Å². The number of esters is 1. The van der Waals surface area contributed by atoms with Crippen molar-refractivity contribution < 1.29 is 23.4 Å². The maximum Gasteiger partial charge on any atom is 0.355 e. The first-order chi connectivity index (χ1) is 22.5. The number of fused-ring (bicyclic) bond motifs is 4. The van der Waals surface area contributed by atoms with E-state index in [1.165, 1.54) is 6.07 Å². The number of nitrogens with zero attached hydrogens (tertiary/aromatic N) is 3. The van der Waals surface area contributed by atoms with Gasteiger partial charge in [0, 0.05) is 41.2 Å². The lowest BCUT2D eigenvalue weighted by atomic mass is 9.97. The fourth-order valence-corrected chi connectivity index (χ4v) is 6.71. The van der Waals surface area contributed by atoms with Crippen LogP contribution in [0, 0.1) is 12.7 Å². The standard InChI is InChI=1S/C38H36FN3O4/c1-4-45-38(43)37-29(16-10-20-46-33-17-9-14-25-11-7-8-15-28(25)33)30-18-19-31(39)35-34-24(2)41(3)40-32(34)23-44-22-27-13-6-5-12-26(27)21-42(37)36(30)35/h5-9,11-15,17-19H,4,10,16,20-23H2,1-3H3. The van der Waals surface area contributed by atoms with Gasteiger partial charge in [0.05, 0.1) is 37.6 Å². The van der Waals surface area contributed by atoms with E-state index in [2.05, 4.69) is 18.2 Å². The van der Waals surface area contributed by atoms with Crippen LogP contribution in [0.1, 0.15) is 51.9 Å². The van der Waals surface area contributed by atoms with Crippen LogP contribution in [-0.2, 0) is 42.7 Å². The summed E-state index contributed by atoms with van der Waals surface area (Å²) in [7, 11) is 1.85. The van der Waals surface area contributed by atoms with Crippen molar-refractivity contribution in [1.29, 1.82) is 0 Å². The van der Waals surface area contributed by atoms with E-state index in [9.17, 15) is 4.79 Å². The zero-order valence-electron chi connectivity index (χ0n) is 26.3. The van der Waals surface area contributed by atoms with E-state index in [4.69, 9.17) is 19.3 Å². The van der Waals surface area contributed by atoms with E-state index in [0.717, 1.165) is 44.3 Å². The summed E-state index contributed by atoms with van der Waals surface area (Å²) in [4.78, 5) is 13.9. The molecule has 234 valence electrons. The Kier molecular flexibility index (Phi) is 8.05. The van der Waals surface area contributed by atoms with Gasteiger partial charge in [0.2, 0.25) is 0 Å². The monoisotopic (exact) mass is 617 g/mol. The highest BCUT2D eigenvalue weighted by molar-refractivity contribution is 6.05. The van der Waals surface area contributed by atoms with Gasteiger partial charge in [0.15, 0.2) is 0 Å². The van der Waals surface area contributed by atoms with Crippen molar-refractivity contribution in [3.8, 4) is 16.9 Å². The van der Waals surface area contributed by atoms with Crippen LogP contribution >= 0.6 is 0 Å². The van der Waals surface area contributed by atoms with E-state index < -0.39 is 5.97 Å². The number of aromatic nitrogens is 3. The lowest BCUT2D eigenvalue weighted by Crippen LogP contribution is -2.16. The molecule has 0 amide bonds. The average molecular weight is 618 g/mol. The molecule has 0 spiro atoms. The largest absolute Gasteiger partial charge is 0.493 e. The molecule has 0 bridgehead atoms. The molecule has 7 nitrogen and oxygen atoms in total. The molecule has 46 heavy (non-hydrogen) atoms. The van der Waals surface area contributed by atoms with E-state index >= 15 is 4.39 Å². The van der Waals surface area contributed by atoms with Gasteiger partial charge in [-0.1, -0.05) is 60.7 Å². The van der Waals surface area contributed by atoms with E-state index in [1.807, 2.05) is 67.1 Å². The number of hydrogen-bond donors (Lipinski definition) is 0. The first kappa shape index (κ1) is 29.7. The summed E-state index contributed by atoms with van der Waals surface area (Å²) in [5.41, 5.74) is 6.49. The van der Waals surface area contributed by atoms with Gasteiger partial charge in [0.1, 0.15) is 17.3 Å². The Balaban J connectivity index is 1.39. The predicted octanol–water partition coefficient (Wildman–Crippen LogP) is 7.91. The molecule has 0 N–H and O–H groups in total. The summed E-state index contributed by atoms with van der Waals surface area (Å²) in [6.45, 7) is 5.34. The number of carbonyl (C=O) groups excluding carboxylic acids is 1. The number of aryl methyl sites for hydroxylation is 2. The Hall–Kier alpha value is -4.95. The zero-order chi connectivity index (χ0) is 31.8. The molecule has 3 heterocycles. The van der Waals surface area contributed by atoms with Crippen molar-refractivity contribution in [2.75, 3.05) is 13.2 Å². The molecule has 8 heteroatoms. The number of benzene rings is 4. The first-order valence-corrected chi connectivity index (χ1v) is 15.7. The molecule has 4 aromatic carbocycles. The summed E-state index contributed by atoms with van der Waals surface area (Å²) in [5.74, 6) is 0.0162. The summed E-state index contributed by atoms with van der Waals surface area (Å²) in [5, 5.41) is 7.71. The highest BCUT2D eigenvalue weighted by Crippen LogP contribution is 2.41. The second-order valence-electron chi connectivity index (χ2n) is 11.7. The van der Waals surface area contributed by atoms with Crippen LogP contribution in [0.15, 0.2) is 78.9 Å². The Morgan fingerprint density at radius 2 is 1.72 bits per heavy atom. The third-order valence-corrected chi connectivity index (χ3v) is 8.92.